The van der Waals surface area contributed by atoms with Crippen LogP contribution in [0.4, 0.5) is 0 Å². The molecule has 0 aliphatic rings. The van der Waals surface area contributed by atoms with Crippen molar-refractivity contribution in [2.75, 3.05) is 40.9 Å². The number of hydrogen-bond acceptors (Lipinski definition) is 6. The number of phosphoric acid groups is 1. The van der Waals surface area contributed by atoms with Gasteiger partial charge in [-0.2, -0.15) is 0 Å². The zero-order chi connectivity index (χ0) is 53.6. The largest absolute Gasteiger partial charge is 0.472 e. The van der Waals surface area contributed by atoms with Crippen LogP contribution >= 0.6 is 7.82 Å². The number of nitrogens with one attached hydrogen (secondary N) is 1. The van der Waals surface area contributed by atoms with Gasteiger partial charge in [0.15, 0.2) is 0 Å². The summed E-state index contributed by atoms with van der Waals surface area (Å²) < 4.78 is 30.7. The maximum absolute atomic E-state index is 13.5. The minimum absolute atomic E-state index is 0.0381. The number of likely N-dealkylation sites (N-methyl/N-ethyl adjacent to an activating group) is 1. The molecule has 9 nitrogen and oxygen atoms in total. The van der Waals surface area contributed by atoms with Gasteiger partial charge in [0.2, 0.25) is 5.91 Å². The molecule has 0 fully saturated rings. The first-order valence-corrected chi connectivity index (χ1v) is 32.5. The van der Waals surface area contributed by atoms with E-state index in [1.807, 2.05) is 33.3 Å². The number of unbranched alkanes of at least 4 members (excludes halogenated alkanes) is 34. The van der Waals surface area contributed by atoms with Crippen LogP contribution in [0.15, 0.2) is 48.6 Å². The average molecular weight is 1050 g/mol. The summed E-state index contributed by atoms with van der Waals surface area (Å²) in [6.45, 7) is 7.00. The van der Waals surface area contributed by atoms with E-state index in [2.05, 4.69) is 62.5 Å². The third-order valence-electron chi connectivity index (χ3n) is 13.7. The summed E-state index contributed by atoms with van der Waals surface area (Å²) in [6.07, 6.45) is 65.2. The number of amides is 1. The second-order valence-electron chi connectivity index (χ2n) is 22.2. The number of carbonyl (C=O) groups is 2. The van der Waals surface area contributed by atoms with Gasteiger partial charge in [-0.15, -0.1) is 0 Å². The van der Waals surface area contributed by atoms with E-state index in [1.54, 1.807) is 0 Å². The molecule has 10 heteroatoms. The number of carbonyl (C=O) groups excluding carboxylic acids is 2. The van der Waals surface area contributed by atoms with Crippen LogP contribution in [0.5, 0.6) is 0 Å². The predicted molar refractivity (Wildman–Crippen MR) is 314 cm³/mol. The number of rotatable bonds is 56. The van der Waals surface area contributed by atoms with Crippen molar-refractivity contribution >= 4 is 19.7 Å². The zero-order valence-corrected chi connectivity index (χ0v) is 49.8. The smallest absolute Gasteiger partial charge is 0.456 e. The number of esters is 1. The molecule has 0 aromatic heterocycles. The quantitative estimate of drug-likeness (QED) is 0.0205. The van der Waals surface area contributed by atoms with E-state index in [0.717, 1.165) is 77.0 Å². The van der Waals surface area contributed by atoms with Crippen LogP contribution in [0.3, 0.4) is 0 Å². The Kier molecular flexibility index (Phi) is 51.9. The highest BCUT2D eigenvalue weighted by Gasteiger charge is 2.30. The molecule has 3 atom stereocenters. The zero-order valence-electron chi connectivity index (χ0n) is 48.9. The van der Waals surface area contributed by atoms with Gasteiger partial charge < -0.3 is 19.4 Å². The van der Waals surface area contributed by atoms with Crippen molar-refractivity contribution in [2.24, 2.45) is 0 Å². The lowest BCUT2D eigenvalue weighted by Gasteiger charge is -2.27. The van der Waals surface area contributed by atoms with E-state index in [4.69, 9.17) is 13.8 Å². The molecule has 0 aromatic carbocycles. The molecule has 0 rings (SSSR count). The van der Waals surface area contributed by atoms with Crippen molar-refractivity contribution in [3.63, 3.8) is 0 Å². The molecule has 73 heavy (non-hydrogen) atoms. The summed E-state index contributed by atoms with van der Waals surface area (Å²) in [5.41, 5.74) is 0. The number of nitrogens with zero attached hydrogens (tertiary/aromatic N) is 1. The molecule has 0 aliphatic heterocycles. The fraction of sp³-hybridized carbons (Fsp3) is 0.841. The van der Waals surface area contributed by atoms with E-state index in [0.29, 0.717) is 17.4 Å². The van der Waals surface area contributed by atoms with Crippen LogP contribution in [0.2, 0.25) is 0 Å². The Morgan fingerprint density at radius 3 is 1.27 bits per heavy atom. The Bertz CT molecular complexity index is 1390. The Labute approximate surface area is 452 Å². The minimum Gasteiger partial charge on any atom is -0.456 e. The van der Waals surface area contributed by atoms with Crippen LogP contribution in [-0.2, 0) is 27.9 Å². The van der Waals surface area contributed by atoms with Crippen LogP contribution < -0.4 is 5.32 Å². The Morgan fingerprint density at radius 2 is 0.836 bits per heavy atom. The molecule has 0 spiro atoms. The van der Waals surface area contributed by atoms with Gasteiger partial charge in [0, 0.05) is 12.8 Å². The number of hydrogen-bond donors (Lipinski definition) is 2. The van der Waals surface area contributed by atoms with Gasteiger partial charge >= 0.3 is 13.8 Å². The number of phosphoric ester groups is 1. The van der Waals surface area contributed by atoms with E-state index < -0.39 is 20.0 Å². The number of ether oxygens (including phenoxy) is 1. The molecule has 0 heterocycles. The summed E-state index contributed by atoms with van der Waals surface area (Å²) in [6, 6.07) is -0.853. The van der Waals surface area contributed by atoms with E-state index in [9.17, 15) is 19.0 Å². The second kappa shape index (κ2) is 53.4. The minimum atomic E-state index is -4.45. The topological polar surface area (TPSA) is 111 Å². The Hall–Kier alpha value is -2.03. The molecule has 0 aliphatic carbocycles. The maximum Gasteiger partial charge on any atom is 0.472 e. The van der Waals surface area contributed by atoms with Crippen molar-refractivity contribution in [1.82, 2.24) is 5.32 Å². The van der Waals surface area contributed by atoms with Gasteiger partial charge in [-0.05, 0) is 89.5 Å². The fourth-order valence-corrected chi connectivity index (χ4v) is 9.64. The molecule has 1 amide bonds. The van der Waals surface area contributed by atoms with E-state index >= 15 is 0 Å². The van der Waals surface area contributed by atoms with Gasteiger partial charge in [0.1, 0.15) is 19.3 Å². The first kappa shape index (κ1) is 71.0. The monoisotopic (exact) mass is 1050 g/mol. The third-order valence-corrected chi connectivity index (χ3v) is 14.7. The maximum atomic E-state index is 13.5. The molecule has 0 bridgehead atoms. The van der Waals surface area contributed by atoms with Gasteiger partial charge in [-0.3, -0.25) is 18.6 Å². The fourth-order valence-electron chi connectivity index (χ4n) is 8.91. The standard InChI is InChI=1S/C63H119N2O7P/c1-7-10-13-16-19-22-25-28-30-32-34-37-40-43-46-49-52-55-62(66)64-60(59-71-73(68,69)70-58-57-65(4,5)6)61(54-51-48-45-42-39-36-27-24-21-18-15-12-9-3)72-63(67)56-53-50-47-44-41-38-35-33-31-29-26-23-20-17-14-11-8-2/h19,22,28-31,51,54,60-61H,7-18,20-21,23-27,32-50,52-53,55-59H2,1-6H3,(H-,64,66,68,69)/p+1/b22-19-,30-28-,31-29+,54-51+. The van der Waals surface area contributed by atoms with Crippen molar-refractivity contribution in [2.45, 2.75) is 303 Å². The first-order valence-electron chi connectivity index (χ1n) is 31.0. The molecule has 0 aromatic rings. The van der Waals surface area contributed by atoms with Gasteiger partial charge in [0.05, 0.1) is 33.8 Å². The summed E-state index contributed by atoms with van der Waals surface area (Å²) in [7, 11) is 1.49. The van der Waals surface area contributed by atoms with Crippen LogP contribution in [0.1, 0.15) is 290 Å². The van der Waals surface area contributed by atoms with Gasteiger partial charge in [-0.25, -0.2) is 4.57 Å². The molecule has 3 unspecified atom stereocenters. The van der Waals surface area contributed by atoms with Gasteiger partial charge in [0.25, 0.3) is 0 Å². The highest BCUT2D eigenvalue weighted by atomic mass is 31.2. The lowest BCUT2D eigenvalue weighted by Crippen LogP contribution is -2.47. The highest BCUT2D eigenvalue weighted by molar-refractivity contribution is 7.47. The lowest BCUT2D eigenvalue weighted by atomic mass is 10.0. The average Bonchev–Trinajstić information content (AvgIpc) is 3.35. The summed E-state index contributed by atoms with van der Waals surface area (Å²) >= 11 is 0. The molecule has 2 N–H and O–H groups in total. The van der Waals surface area contributed by atoms with Crippen LogP contribution in [-0.4, -0.2) is 74.3 Å². The van der Waals surface area contributed by atoms with Crippen LogP contribution in [0, 0.1) is 0 Å². The lowest BCUT2D eigenvalue weighted by molar-refractivity contribution is -0.870. The molecular formula is C63H120N2O7P+. The van der Waals surface area contributed by atoms with E-state index in [1.165, 1.54) is 180 Å². The molecule has 0 saturated heterocycles. The predicted octanol–water partition coefficient (Wildman–Crippen LogP) is 18.9. The number of allylic oxidation sites excluding steroid dienone is 7. The third kappa shape index (κ3) is 54.6. The SMILES string of the molecule is CCCCC/C=C\C/C=C\CCCCCCCCCC(=O)NC(COP(=O)(O)OCC[N+](C)(C)C)C(/C=C/CCCCCCCCCCCCC)OC(=O)CCCCCCCCC/C=C/CCCCCCCC. The van der Waals surface area contributed by atoms with Gasteiger partial charge in [-0.1, -0.05) is 237 Å². The first-order chi connectivity index (χ1) is 35.4. The summed E-state index contributed by atoms with van der Waals surface area (Å²) in [5, 5.41) is 3.05. The highest BCUT2D eigenvalue weighted by Crippen LogP contribution is 2.43. The summed E-state index contributed by atoms with van der Waals surface area (Å²) in [5.74, 6) is -0.511. The summed E-state index contributed by atoms with van der Waals surface area (Å²) in [4.78, 5) is 37.7. The Balaban J connectivity index is 5.31. The molecule has 0 saturated carbocycles. The second-order valence-corrected chi connectivity index (χ2v) is 23.7. The van der Waals surface area contributed by atoms with Crippen LogP contribution in [0.25, 0.3) is 0 Å². The van der Waals surface area contributed by atoms with Crippen molar-refractivity contribution in [3.05, 3.63) is 48.6 Å². The molecular weight excluding hydrogens is 928 g/mol. The van der Waals surface area contributed by atoms with E-state index in [-0.39, 0.29) is 31.5 Å². The molecule has 428 valence electrons. The Morgan fingerprint density at radius 1 is 0.479 bits per heavy atom. The van der Waals surface area contributed by atoms with Crippen molar-refractivity contribution in [3.8, 4) is 0 Å². The normalized spacial score (nSPS) is 14.0. The molecule has 0 radical (unpaired) electrons. The van der Waals surface area contributed by atoms with Crippen molar-refractivity contribution < 1.29 is 37.3 Å². The van der Waals surface area contributed by atoms with Crippen molar-refractivity contribution in [1.29, 1.82) is 0 Å². The number of quaternary nitrogens is 1.